The molecular formula is C23H23N3O5. The van der Waals surface area contributed by atoms with Crippen LogP contribution in [0.25, 0.3) is 16.9 Å². The molecule has 31 heavy (non-hydrogen) atoms. The molecule has 1 aromatic heterocycles. The first-order valence-electron chi connectivity index (χ1n) is 9.57. The Morgan fingerprint density at radius 3 is 2.55 bits per heavy atom. The van der Waals surface area contributed by atoms with Gasteiger partial charge in [-0.3, -0.25) is 14.4 Å². The van der Waals surface area contributed by atoms with Gasteiger partial charge in [-0.2, -0.15) is 0 Å². The molecule has 0 aliphatic carbocycles. The average Bonchev–Trinajstić information content (AvgIpc) is 3.15. The molecule has 0 spiro atoms. The van der Waals surface area contributed by atoms with Crippen molar-refractivity contribution in [2.75, 3.05) is 12.4 Å². The highest BCUT2D eigenvalue weighted by Gasteiger charge is 2.18. The maximum Gasteiger partial charge on any atom is 0.303 e. The third-order valence-electron chi connectivity index (χ3n) is 4.98. The van der Waals surface area contributed by atoms with E-state index in [1.54, 1.807) is 30.3 Å². The summed E-state index contributed by atoms with van der Waals surface area (Å²) in [5, 5.41) is 11.8. The predicted molar refractivity (Wildman–Crippen MR) is 117 cm³/mol. The summed E-state index contributed by atoms with van der Waals surface area (Å²) in [6.07, 6.45) is 0.880. The number of methoxy groups -OCH3 is 1. The average molecular weight is 421 g/mol. The summed E-state index contributed by atoms with van der Waals surface area (Å²) in [7, 11) is 1.54. The molecule has 0 atom stereocenters. The van der Waals surface area contributed by atoms with Gasteiger partial charge < -0.3 is 25.5 Å². The maximum atomic E-state index is 11.6. The van der Waals surface area contributed by atoms with Crippen LogP contribution in [0.4, 0.5) is 5.69 Å². The number of nitrogens with two attached hydrogens (primary N) is 1. The summed E-state index contributed by atoms with van der Waals surface area (Å²) in [6.45, 7) is 1.86. The highest BCUT2D eigenvalue weighted by atomic mass is 16.5. The van der Waals surface area contributed by atoms with Crippen LogP contribution in [0.1, 0.15) is 28.0 Å². The molecule has 1 heterocycles. The largest absolute Gasteiger partial charge is 0.496 e. The number of primary amides is 1. The highest BCUT2D eigenvalue weighted by molar-refractivity contribution is 5.93. The number of aromatic nitrogens is 1. The summed E-state index contributed by atoms with van der Waals surface area (Å²) >= 11 is 0. The number of aryl methyl sites for hydroxylation is 2. The van der Waals surface area contributed by atoms with Gasteiger partial charge in [-0.15, -0.1) is 0 Å². The zero-order valence-corrected chi connectivity index (χ0v) is 17.2. The van der Waals surface area contributed by atoms with Crippen LogP contribution < -0.4 is 15.8 Å². The van der Waals surface area contributed by atoms with Gasteiger partial charge in [0.25, 0.3) is 0 Å². The van der Waals surface area contributed by atoms with Crippen molar-refractivity contribution in [2.24, 2.45) is 5.73 Å². The number of amides is 2. The van der Waals surface area contributed by atoms with Crippen molar-refractivity contribution in [3.63, 3.8) is 0 Å². The summed E-state index contributed by atoms with van der Waals surface area (Å²) in [5.74, 6) is -0.868. The van der Waals surface area contributed by atoms with Crippen molar-refractivity contribution in [1.29, 1.82) is 0 Å². The summed E-state index contributed by atoms with van der Waals surface area (Å²) in [4.78, 5) is 33.5. The number of carboxylic acid groups (broad SMARTS) is 1. The number of carboxylic acids is 1. The Kier molecular flexibility index (Phi) is 6.40. The van der Waals surface area contributed by atoms with E-state index in [1.165, 1.54) is 7.11 Å². The molecule has 3 rings (SSSR count). The molecular weight excluding hydrogens is 398 g/mol. The van der Waals surface area contributed by atoms with E-state index in [2.05, 4.69) is 5.32 Å². The number of rotatable bonds is 9. The van der Waals surface area contributed by atoms with Crippen LogP contribution in [-0.2, 0) is 16.0 Å². The SMILES string of the molecule is COc1cc(NC=O)ccc1-c1ccc(CCC(=O)O)n1-c1ccc(C(N)=O)cc1C. The third kappa shape index (κ3) is 4.58. The van der Waals surface area contributed by atoms with Gasteiger partial charge in [-0.25, -0.2) is 0 Å². The van der Waals surface area contributed by atoms with E-state index in [-0.39, 0.29) is 6.42 Å². The van der Waals surface area contributed by atoms with Crippen LogP contribution >= 0.6 is 0 Å². The van der Waals surface area contributed by atoms with Gasteiger partial charge in [0.1, 0.15) is 5.75 Å². The number of carbonyl (C=O) groups excluding carboxylic acids is 2. The molecule has 0 aliphatic rings. The third-order valence-corrected chi connectivity index (χ3v) is 4.98. The van der Waals surface area contributed by atoms with E-state index < -0.39 is 11.9 Å². The minimum Gasteiger partial charge on any atom is -0.496 e. The molecule has 0 fully saturated rings. The van der Waals surface area contributed by atoms with E-state index >= 15 is 0 Å². The summed E-state index contributed by atoms with van der Waals surface area (Å²) < 4.78 is 7.49. The van der Waals surface area contributed by atoms with Gasteiger partial charge in [0, 0.05) is 34.3 Å². The lowest BCUT2D eigenvalue weighted by Crippen LogP contribution is -2.12. The molecule has 0 bridgehead atoms. The Bertz CT molecular complexity index is 1150. The Hall–Kier alpha value is -4.07. The molecule has 8 nitrogen and oxygen atoms in total. The number of anilines is 1. The lowest BCUT2D eigenvalue weighted by atomic mass is 10.1. The molecule has 2 aromatic carbocycles. The second kappa shape index (κ2) is 9.17. The van der Waals surface area contributed by atoms with Gasteiger partial charge in [-0.1, -0.05) is 0 Å². The number of aliphatic carboxylic acids is 1. The Labute approximate surface area is 179 Å². The monoisotopic (exact) mass is 421 g/mol. The summed E-state index contributed by atoms with van der Waals surface area (Å²) in [6, 6.07) is 14.2. The Morgan fingerprint density at radius 2 is 1.94 bits per heavy atom. The number of hydrogen-bond donors (Lipinski definition) is 3. The number of nitrogens with one attached hydrogen (secondary N) is 1. The Balaban J connectivity index is 2.20. The van der Waals surface area contributed by atoms with Crippen LogP contribution in [0, 0.1) is 6.92 Å². The van der Waals surface area contributed by atoms with E-state index in [4.69, 9.17) is 15.6 Å². The van der Waals surface area contributed by atoms with Crippen LogP contribution in [-0.4, -0.2) is 35.1 Å². The zero-order valence-electron chi connectivity index (χ0n) is 17.2. The normalized spacial score (nSPS) is 10.5. The molecule has 0 unspecified atom stereocenters. The van der Waals surface area contributed by atoms with Crippen molar-refractivity contribution in [1.82, 2.24) is 4.57 Å². The van der Waals surface area contributed by atoms with Gasteiger partial charge in [0.05, 0.1) is 19.2 Å². The lowest BCUT2D eigenvalue weighted by Gasteiger charge is -2.18. The van der Waals surface area contributed by atoms with Crippen molar-refractivity contribution in [3.8, 4) is 22.7 Å². The van der Waals surface area contributed by atoms with Crippen molar-refractivity contribution in [2.45, 2.75) is 19.8 Å². The van der Waals surface area contributed by atoms with E-state index in [9.17, 15) is 14.4 Å². The molecule has 8 heteroatoms. The molecule has 0 radical (unpaired) electrons. The second-order valence-electron chi connectivity index (χ2n) is 6.98. The molecule has 0 saturated heterocycles. The molecule has 0 aliphatic heterocycles. The van der Waals surface area contributed by atoms with Crippen molar-refractivity contribution < 1.29 is 24.2 Å². The van der Waals surface area contributed by atoms with Gasteiger partial charge in [0.2, 0.25) is 12.3 Å². The number of ether oxygens (including phenoxy) is 1. The molecule has 2 amide bonds. The fourth-order valence-electron chi connectivity index (χ4n) is 3.52. The summed E-state index contributed by atoms with van der Waals surface area (Å²) in [5.41, 5.74) is 10.3. The first-order valence-corrected chi connectivity index (χ1v) is 9.57. The van der Waals surface area contributed by atoms with Crippen molar-refractivity contribution in [3.05, 3.63) is 65.4 Å². The van der Waals surface area contributed by atoms with E-state index in [0.717, 1.165) is 28.2 Å². The fraction of sp³-hybridized carbons (Fsp3) is 0.174. The Morgan fingerprint density at radius 1 is 1.16 bits per heavy atom. The number of nitrogens with zero attached hydrogens (tertiary/aromatic N) is 1. The van der Waals surface area contributed by atoms with E-state index in [1.807, 2.05) is 29.7 Å². The lowest BCUT2D eigenvalue weighted by molar-refractivity contribution is -0.137. The minimum atomic E-state index is -0.892. The smallest absolute Gasteiger partial charge is 0.303 e. The van der Waals surface area contributed by atoms with Gasteiger partial charge in [-0.05, 0) is 61.4 Å². The predicted octanol–water partition coefficient (Wildman–Crippen LogP) is 3.15. The number of carbonyl (C=O) groups is 3. The van der Waals surface area contributed by atoms with Gasteiger partial charge in [0.15, 0.2) is 0 Å². The van der Waals surface area contributed by atoms with E-state index in [0.29, 0.717) is 29.8 Å². The van der Waals surface area contributed by atoms with Crippen molar-refractivity contribution >= 4 is 24.0 Å². The molecule has 160 valence electrons. The standard InChI is InChI=1S/C23H23N3O5/c1-14-11-15(23(24)30)3-8-19(14)26-17(6-10-22(28)29)5-9-20(26)18-7-4-16(25-13-27)12-21(18)31-2/h3-5,7-9,11-13H,6,10H2,1-2H3,(H2,24,30)(H,25,27)(H,28,29). The first kappa shape index (κ1) is 21.6. The molecule has 3 aromatic rings. The maximum absolute atomic E-state index is 11.6. The quantitative estimate of drug-likeness (QED) is 0.458. The van der Waals surface area contributed by atoms with Crippen LogP contribution in [0.5, 0.6) is 5.75 Å². The fourth-order valence-corrected chi connectivity index (χ4v) is 3.52. The van der Waals surface area contributed by atoms with Crippen LogP contribution in [0.15, 0.2) is 48.5 Å². The number of hydrogen-bond acceptors (Lipinski definition) is 4. The zero-order chi connectivity index (χ0) is 22.5. The molecule has 4 N–H and O–H groups in total. The highest BCUT2D eigenvalue weighted by Crippen LogP contribution is 2.36. The number of benzene rings is 2. The molecule has 0 saturated carbocycles. The first-order chi connectivity index (χ1) is 14.8. The van der Waals surface area contributed by atoms with Crippen LogP contribution in [0.3, 0.4) is 0 Å². The second-order valence-corrected chi connectivity index (χ2v) is 6.98. The minimum absolute atomic E-state index is 0.0266. The van der Waals surface area contributed by atoms with Gasteiger partial charge >= 0.3 is 5.97 Å². The van der Waals surface area contributed by atoms with Crippen LogP contribution in [0.2, 0.25) is 0 Å². The topological polar surface area (TPSA) is 124 Å².